The number of hydrogen-bond donors (Lipinski definition) is 3. The van der Waals surface area contributed by atoms with Gasteiger partial charge in [-0.1, -0.05) is 13.3 Å². The third kappa shape index (κ3) is 4.25. The Bertz CT molecular complexity index is 904. The quantitative estimate of drug-likeness (QED) is 0.642. The Kier molecular flexibility index (Phi) is 6.18. The SMILES string of the molecule is CCCc1c(NC(=O)c2ccc(C(=O)O)cc2OC)ccc(C(C)=O)c1O. The van der Waals surface area contributed by atoms with Crippen molar-refractivity contribution in [2.45, 2.75) is 26.7 Å². The molecule has 0 aliphatic rings. The number of amides is 1. The summed E-state index contributed by atoms with van der Waals surface area (Å²) in [5, 5.41) is 22.1. The second kappa shape index (κ2) is 8.35. The van der Waals surface area contributed by atoms with Crippen LogP contribution in [0.2, 0.25) is 0 Å². The molecule has 0 unspecified atom stereocenters. The highest BCUT2D eigenvalue weighted by Crippen LogP contribution is 2.32. The highest BCUT2D eigenvalue weighted by Gasteiger charge is 2.19. The van der Waals surface area contributed by atoms with Gasteiger partial charge < -0.3 is 20.3 Å². The smallest absolute Gasteiger partial charge is 0.335 e. The maximum Gasteiger partial charge on any atom is 0.335 e. The van der Waals surface area contributed by atoms with Crippen molar-refractivity contribution in [1.29, 1.82) is 0 Å². The Morgan fingerprint density at radius 1 is 1.11 bits per heavy atom. The van der Waals surface area contributed by atoms with E-state index in [0.717, 1.165) is 0 Å². The van der Waals surface area contributed by atoms with E-state index in [1.54, 1.807) is 6.07 Å². The summed E-state index contributed by atoms with van der Waals surface area (Å²) in [6.07, 6.45) is 1.17. The van der Waals surface area contributed by atoms with E-state index in [1.165, 1.54) is 38.3 Å². The minimum absolute atomic E-state index is 0.00136. The number of rotatable bonds is 7. The second-order valence-corrected chi connectivity index (χ2v) is 5.97. The van der Waals surface area contributed by atoms with Gasteiger partial charge in [-0.3, -0.25) is 9.59 Å². The van der Waals surface area contributed by atoms with Gasteiger partial charge in [-0.15, -0.1) is 0 Å². The number of benzene rings is 2. The van der Waals surface area contributed by atoms with Crippen molar-refractivity contribution in [2.24, 2.45) is 0 Å². The molecule has 0 fully saturated rings. The van der Waals surface area contributed by atoms with E-state index in [-0.39, 0.29) is 34.0 Å². The zero-order chi connectivity index (χ0) is 20.1. The average molecular weight is 371 g/mol. The summed E-state index contributed by atoms with van der Waals surface area (Å²) in [7, 11) is 1.34. The first-order valence-corrected chi connectivity index (χ1v) is 8.38. The van der Waals surface area contributed by atoms with Crippen LogP contribution in [0.4, 0.5) is 5.69 Å². The lowest BCUT2D eigenvalue weighted by Crippen LogP contribution is -2.15. The number of anilines is 1. The molecule has 0 radical (unpaired) electrons. The molecule has 0 saturated carbocycles. The molecule has 27 heavy (non-hydrogen) atoms. The van der Waals surface area contributed by atoms with Gasteiger partial charge in [-0.2, -0.15) is 0 Å². The summed E-state index contributed by atoms with van der Waals surface area (Å²) in [6.45, 7) is 3.27. The van der Waals surface area contributed by atoms with Crippen molar-refractivity contribution in [1.82, 2.24) is 0 Å². The van der Waals surface area contributed by atoms with E-state index >= 15 is 0 Å². The maximum atomic E-state index is 12.7. The van der Waals surface area contributed by atoms with Gasteiger partial charge in [0.05, 0.1) is 23.8 Å². The number of phenols is 1. The van der Waals surface area contributed by atoms with Crippen molar-refractivity contribution in [2.75, 3.05) is 12.4 Å². The first-order valence-electron chi connectivity index (χ1n) is 8.38. The first-order chi connectivity index (χ1) is 12.8. The number of nitrogens with one attached hydrogen (secondary N) is 1. The predicted molar refractivity (Wildman–Crippen MR) is 100 cm³/mol. The number of hydrogen-bond acceptors (Lipinski definition) is 5. The number of ketones is 1. The fourth-order valence-electron chi connectivity index (χ4n) is 2.74. The molecule has 142 valence electrons. The van der Waals surface area contributed by atoms with Gasteiger partial charge >= 0.3 is 5.97 Å². The number of carboxylic acids is 1. The van der Waals surface area contributed by atoms with Crippen LogP contribution in [0.5, 0.6) is 11.5 Å². The van der Waals surface area contributed by atoms with Gasteiger partial charge in [0, 0.05) is 11.3 Å². The summed E-state index contributed by atoms with van der Waals surface area (Å²) in [5.41, 5.74) is 1.20. The summed E-state index contributed by atoms with van der Waals surface area (Å²) < 4.78 is 5.13. The lowest BCUT2D eigenvalue weighted by Gasteiger charge is -2.15. The van der Waals surface area contributed by atoms with Crippen LogP contribution in [0.15, 0.2) is 30.3 Å². The molecule has 0 aliphatic carbocycles. The Hall–Kier alpha value is -3.35. The van der Waals surface area contributed by atoms with E-state index in [2.05, 4.69) is 5.32 Å². The van der Waals surface area contributed by atoms with Crippen LogP contribution in [0, 0.1) is 0 Å². The number of aromatic carboxylic acids is 1. The van der Waals surface area contributed by atoms with Crippen molar-refractivity contribution in [3.05, 3.63) is 52.6 Å². The zero-order valence-corrected chi connectivity index (χ0v) is 15.3. The molecule has 3 N–H and O–H groups in total. The lowest BCUT2D eigenvalue weighted by atomic mass is 10.00. The van der Waals surface area contributed by atoms with Crippen LogP contribution in [-0.4, -0.2) is 35.0 Å². The molecule has 7 heteroatoms. The van der Waals surface area contributed by atoms with E-state index < -0.39 is 11.9 Å². The molecule has 0 bridgehead atoms. The minimum atomic E-state index is -1.13. The van der Waals surface area contributed by atoms with Crippen LogP contribution in [0.3, 0.4) is 0 Å². The van der Waals surface area contributed by atoms with Crippen LogP contribution in [0.1, 0.15) is 56.9 Å². The number of methoxy groups -OCH3 is 1. The molecular weight excluding hydrogens is 350 g/mol. The van der Waals surface area contributed by atoms with Crippen molar-refractivity contribution < 1.29 is 29.3 Å². The number of ether oxygens (including phenoxy) is 1. The zero-order valence-electron chi connectivity index (χ0n) is 15.3. The second-order valence-electron chi connectivity index (χ2n) is 5.97. The molecule has 0 spiro atoms. The standard InChI is InChI=1S/C20H21NO6/c1-4-5-14-16(9-8-13(11(2)22)18(14)23)21-19(24)15-7-6-12(20(25)26)10-17(15)27-3/h6-10,23H,4-5H2,1-3H3,(H,21,24)(H,25,26). The number of carbonyl (C=O) groups is 3. The Morgan fingerprint density at radius 3 is 2.33 bits per heavy atom. The number of aromatic hydroxyl groups is 1. The molecule has 0 aromatic heterocycles. The maximum absolute atomic E-state index is 12.7. The molecule has 0 aliphatic heterocycles. The van der Waals surface area contributed by atoms with Gasteiger partial charge in [0.15, 0.2) is 5.78 Å². The molecule has 2 aromatic carbocycles. The van der Waals surface area contributed by atoms with Crippen LogP contribution < -0.4 is 10.1 Å². The number of Topliss-reactive ketones (excluding diaryl/α,β-unsaturated/α-hetero) is 1. The first kappa shape index (κ1) is 20.0. The van der Waals surface area contributed by atoms with Crippen molar-refractivity contribution in [3.8, 4) is 11.5 Å². The predicted octanol–water partition coefficient (Wildman–Crippen LogP) is 3.51. The van der Waals surface area contributed by atoms with E-state index in [0.29, 0.717) is 24.1 Å². The molecule has 0 saturated heterocycles. The average Bonchev–Trinajstić information content (AvgIpc) is 2.63. The highest BCUT2D eigenvalue weighted by molar-refractivity contribution is 6.08. The molecule has 2 aromatic rings. The van der Waals surface area contributed by atoms with E-state index in [9.17, 15) is 19.5 Å². The van der Waals surface area contributed by atoms with Crippen LogP contribution >= 0.6 is 0 Å². The fourth-order valence-corrected chi connectivity index (χ4v) is 2.74. The normalized spacial score (nSPS) is 10.3. The molecule has 0 atom stereocenters. The van der Waals surface area contributed by atoms with Crippen LogP contribution in [0.25, 0.3) is 0 Å². The van der Waals surface area contributed by atoms with Gasteiger partial charge in [0.1, 0.15) is 11.5 Å². The minimum Gasteiger partial charge on any atom is -0.507 e. The van der Waals surface area contributed by atoms with Gasteiger partial charge in [-0.25, -0.2) is 4.79 Å². The topological polar surface area (TPSA) is 113 Å². The van der Waals surface area contributed by atoms with Gasteiger partial charge in [-0.05, 0) is 43.7 Å². The van der Waals surface area contributed by atoms with Crippen molar-refractivity contribution >= 4 is 23.3 Å². The summed E-state index contributed by atoms with van der Waals surface area (Å²) in [4.78, 5) is 35.4. The number of carboxylic acid groups (broad SMARTS) is 1. The van der Waals surface area contributed by atoms with Gasteiger partial charge in [0.2, 0.25) is 0 Å². The third-order valence-electron chi connectivity index (χ3n) is 4.10. The molecule has 1 amide bonds. The molecule has 2 rings (SSSR count). The lowest BCUT2D eigenvalue weighted by molar-refractivity contribution is 0.0695. The Morgan fingerprint density at radius 2 is 1.78 bits per heavy atom. The fraction of sp³-hybridized carbons (Fsp3) is 0.250. The molecule has 0 heterocycles. The monoisotopic (exact) mass is 371 g/mol. The number of phenolic OH excluding ortho intramolecular Hbond substituents is 1. The summed E-state index contributed by atoms with van der Waals surface area (Å²) in [6, 6.07) is 6.96. The Balaban J connectivity index is 2.42. The largest absolute Gasteiger partial charge is 0.507 e. The molecular formula is C20H21NO6. The number of carbonyl (C=O) groups excluding carboxylic acids is 2. The van der Waals surface area contributed by atoms with E-state index in [4.69, 9.17) is 9.84 Å². The van der Waals surface area contributed by atoms with Crippen molar-refractivity contribution in [3.63, 3.8) is 0 Å². The third-order valence-corrected chi connectivity index (χ3v) is 4.10. The van der Waals surface area contributed by atoms with Gasteiger partial charge in [0.25, 0.3) is 5.91 Å². The highest BCUT2D eigenvalue weighted by atomic mass is 16.5. The van der Waals surface area contributed by atoms with E-state index in [1.807, 2.05) is 6.92 Å². The summed E-state index contributed by atoms with van der Waals surface area (Å²) in [5.74, 6) is -1.94. The van der Waals surface area contributed by atoms with Crippen LogP contribution in [-0.2, 0) is 6.42 Å². The summed E-state index contributed by atoms with van der Waals surface area (Å²) >= 11 is 0. The molecule has 7 nitrogen and oxygen atoms in total. The Labute approximate surface area is 156 Å².